The summed E-state index contributed by atoms with van der Waals surface area (Å²) in [5, 5.41) is 102. The van der Waals surface area contributed by atoms with Crippen molar-refractivity contribution >= 4 is 6.08 Å². The summed E-state index contributed by atoms with van der Waals surface area (Å²) in [5.74, 6) is -0.758. The van der Waals surface area contributed by atoms with Gasteiger partial charge in [0.2, 0.25) is 18.3 Å². The van der Waals surface area contributed by atoms with Crippen LogP contribution in [0.2, 0.25) is 0 Å². The zero-order valence-corrected chi connectivity index (χ0v) is 24.5. The van der Waals surface area contributed by atoms with E-state index in [1.54, 1.807) is 0 Å². The number of ether oxygens (including phenoxy) is 7. The molecule has 254 valence electrons. The van der Waals surface area contributed by atoms with E-state index >= 15 is 0 Å². The fourth-order valence-electron chi connectivity index (χ4n) is 5.37. The Bertz CT molecular complexity index is 1390. The van der Waals surface area contributed by atoms with Gasteiger partial charge in [0.1, 0.15) is 65.9 Å². The maximum atomic E-state index is 10.7. The molecule has 2 fully saturated rings. The predicted octanol–water partition coefficient (Wildman–Crippen LogP) is -2.55. The number of phenols is 2. The molecule has 0 radical (unpaired) electrons. The normalized spacial score (nSPS) is 34.1. The van der Waals surface area contributed by atoms with Crippen LogP contribution in [0.4, 0.5) is 0 Å². The van der Waals surface area contributed by atoms with Gasteiger partial charge in [-0.25, -0.2) is 0 Å². The van der Waals surface area contributed by atoms with E-state index in [0.29, 0.717) is 5.56 Å². The van der Waals surface area contributed by atoms with Crippen molar-refractivity contribution in [2.24, 2.45) is 0 Å². The summed E-state index contributed by atoms with van der Waals surface area (Å²) in [6.45, 7) is -1.43. The fraction of sp³-hybridized carbons (Fsp3) is 0.517. The Hall–Kier alpha value is -3.62. The van der Waals surface area contributed by atoms with Crippen LogP contribution < -0.4 is 14.2 Å². The maximum Gasteiger partial charge on any atom is 0.270 e. The summed E-state index contributed by atoms with van der Waals surface area (Å²) in [7, 11) is 2.63. The topological polar surface area (TPSA) is 270 Å². The number of hydrogen-bond acceptors (Lipinski definition) is 16. The first-order valence-corrected chi connectivity index (χ1v) is 14.1. The number of rotatable bonds is 9. The van der Waals surface area contributed by atoms with Crippen molar-refractivity contribution in [2.75, 3.05) is 27.4 Å². The SMILES string of the molecule is COc1cc(C2[OH+]c3cc(O)cc(O[C@H]4O[C@@H](CO)[C@@H](O)[C@@H](O)[C@@H]4O)c3C=C2O[C@H]2O[C@@H](CO)[C@@H](O)[C@@H](O)[C@H]2O)cc(OC)c1O. The van der Waals surface area contributed by atoms with Gasteiger partial charge in [-0.1, -0.05) is 0 Å². The molecule has 3 aliphatic heterocycles. The zero-order chi connectivity index (χ0) is 33.4. The average Bonchev–Trinajstić information content (AvgIpc) is 3.05. The van der Waals surface area contributed by atoms with E-state index in [2.05, 4.69) is 4.74 Å². The Balaban J connectivity index is 1.59. The largest absolute Gasteiger partial charge is 0.571 e. The Morgan fingerprint density at radius 2 is 1.20 bits per heavy atom. The zero-order valence-electron chi connectivity index (χ0n) is 24.5. The summed E-state index contributed by atoms with van der Waals surface area (Å²) >= 11 is 0. The van der Waals surface area contributed by atoms with Crippen molar-refractivity contribution < 1.29 is 84.2 Å². The van der Waals surface area contributed by atoms with E-state index in [-0.39, 0.29) is 45.8 Å². The first-order valence-electron chi connectivity index (χ1n) is 14.1. The number of fused-ring (bicyclic) bond motifs is 1. The maximum absolute atomic E-state index is 10.7. The molecular formula is C29H37O17+. The van der Waals surface area contributed by atoms with Crippen LogP contribution in [0.25, 0.3) is 6.08 Å². The number of aliphatic hydroxyl groups excluding tert-OH is 8. The Morgan fingerprint density at radius 3 is 1.70 bits per heavy atom. The molecule has 2 aromatic rings. The van der Waals surface area contributed by atoms with Gasteiger partial charge in [-0.3, -0.25) is 0 Å². The molecule has 2 aromatic carbocycles. The van der Waals surface area contributed by atoms with Crippen molar-refractivity contribution in [3.63, 3.8) is 0 Å². The minimum atomic E-state index is -1.80. The van der Waals surface area contributed by atoms with Crippen LogP contribution in [0, 0.1) is 0 Å². The van der Waals surface area contributed by atoms with Crippen LogP contribution in [-0.2, 0) is 14.2 Å². The Kier molecular flexibility index (Phi) is 9.99. The highest BCUT2D eigenvalue weighted by Crippen LogP contribution is 2.48. The molecule has 11 N–H and O–H groups in total. The number of aliphatic hydroxyl groups is 9. The van der Waals surface area contributed by atoms with E-state index < -0.39 is 80.7 Å². The van der Waals surface area contributed by atoms with Gasteiger partial charge >= 0.3 is 0 Å². The Labute approximate surface area is 261 Å². The summed E-state index contributed by atoms with van der Waals surface area (Å²) in [5.41, 5.74) is 0.441. The van der Waals surface area contributed by atoms with Gasteiger partial charge in [-0.15, -0.1) is 0 Å². The molecule has 2 saturated heterocycles. The second-order valence-electron chi connectivity index (χ2n) is 10.9. The lowest BCUT2D eigenvalue weighted by Crippen LogP contribution is -2.60. The first kappa shape index (κ1) is 33.7. The van der Waals surface area contributed by atoms with Gasteiger partial charge in [0.05, 0.1) is 39.1 Å². The highest BCUT2D eigenvalue weighted by molar-refractivity contribution is 5.70. The van der Waals surface area contributed by atoms with Crippen LogP contribution in [0.1, 0.15) is 17.2 Å². The van der Waals surface area contributed by atoms with E-state index in [9.17, 15) is 51.1 Å². The summed E-state index contributed by atoms with van der Waals surface area (Å²) in [6, 6.07) is 5.27. The molecule has 0 spiro atoms. The predicted molar refractivity (Wildman–Crippen MR) is 151 cm³/mol. The molecule has 17 heteroatoms. The Morgan fingerprint density at radius 1 is 0.674 bits per heavy atom. The second-order valence-corrected chi connectivity index (χ2v) is 10.9. The van der Waals surface area contributed by atoms with Crippen molar-refractivity contribution in [3.8, 4) is 34.5 Å². The third-order valence-corrected chi connectivity index (χ3v) is 7.94. The van der Waals surface area contributed by atoms with Crippen molar-refractivity contribution in [3.05, 3.63) is 41.2 Å². The van der Waals surface area contributed by atoms with Crippen molar-refractivity contribution in [2.45, 2.75) is 67.5 Å². The molecular weight excluding hydrogens is 620 g/mol. The van der Waals surface area contributed by atoms with Crippen molar-refractivity contribution in [1.29, 1.82) is 0 Å². The smallest absolute Gasteiger partial charge is 0.270 e. The number of hydrogen-bond donors (Lipinski definition) is 10. The van der Waals surface area contributed by atoms with Gasteiger partial charge in [0.25, 0.3) is 11.9 Å². The number of benzene rings is 2. The minimum Gasteiger partial charge on any atom is -0.571 e. The van der Waals surface area contributed by atoms with E-state index in [1.807, 2.05) is 0 Å². The van der Waals surface area contributed by atoms with Gasteiger partial charge < -0.3 is 84.2 Å². The average molecular weight is 658 g/mol. The first-order chi connectivity index (χ1) is 21.9. The number of aromatic hydroxyl groups is 3. The molecule has 5 rings (SSSR count). The fourth-order valence-corrected chi connectivity index (χ4v) is 5.37. The highest BCUT2D eigenvalue weighted by Gasteiger charge is 2.48. The lowest BCUT2D eigenvalue weighted by atomic mass is 9.98. The molecule has 0 bridgehead atoms. The molecule has 0 aliphatic carbocycles. The molecule has 0 saturated carbocycles. The second kappa shape index (κ2) is 13.6. The molecule has 46 heavy (non-hydrogen) atoms. The van der Waals surface area contributed by atoms with Crippen LogP contribution in [-0.4, -0.2) is 145 Å². The minimum absolute atomic E-state index is 0.00471. The van der Waals surface area contributed by atoms with Gasteiger partial charge in [-0.05, 0) is 12.1 Å². The molecule has 1 unspecified atom stereocenters. The molecule has 3 aliphatic rings. The lowest BCUT2D eigenvalue weighted by molar-refractivity contribution is -0.295. The van der Waals surface area contributed by atoms with Crippen LogP contribution in [0.15, 0.2) is 30.0 Å². The summed E-state index contributed by atoms with van der Waals surface area (Å²) < 4.78 is 38.1. The lowest BCUT2D eigenvalue weighted by Gasteiger charge is -2.40. The molecule has 0 aromatic heterocycles. The van der Waals surface area contributed by atoms with Gasteiger partial charge in [-0.2, -0.15) is 0 Å². The third-order valence-electron chi connectivity index (χ3n) is 7.94. The quantitative estimate of drug-likeness (QED) is 0.124. The molecule has 11 atom stereocenters. The van der Waals surface area contributed by atoms with Crippen molar-refractivity contribution in [1.82, 2.24) is 0 Å². The highest BCUT2D eigenvalue weighted by atomic mass is 16.7. The van der Waals surface area contributed by atoms with Crippen LogP contribution in [0.3, 0.4) is 0 Å². The third kappa shape index (κ3) is 6.21. The summed E-state index contributed by atoms with van der Waals surface area (Å²) in [6.07, 6.45) is -16.0. The molecule has 0 amide bonds. The van der Waals surface area contributed by atoms with Crippen LogP contribution in [0.5, 0.6) is 34.5 Å². The summed E-state index contributed by atoms with van der Waals surface area (Å²) in [4.78, 5) is 0. The molecule has 3 heterocycles. The van der Waals surface area contributed by atoms with E-state index in [0.717, 1.165) is 6.07 Å². The molecule has 17 nitrogen and oxygen atoms in total. The van der Waals surface area contributed by atoms with E-state index in [4.69, 9.17) is 28.4 Å². The van der Waals surface area contributed by atoms with Crippen LogP contribution >= 0.6 is 0 Å². The monoisotopic (exact) mass is 657 g/mol. The van der Waals surface area contributed by atoms with Gasteiger partial charge in [0.15, 0.2) is 17.3 Å². The number of phenolic OH excluding ortho intramolecular Hbond substituents is 2. The standard InChI is InChI=1S/C29H36O17/c1-40-15-3-10(4-16(41-2)20(15)33)27-17(44-29-26(39)24(37)22(35)19(9-31)46-29)7-12-13(42-27)5-11(32)6-14(12)43-28-25(38)23(36)21(34)18(8-30)45-28/h3-7,18-19,21-39H,8-9H2,1-2H3/p+1/t18-,19-,21+,22+,23+,24+,25-,26+,27?,28-,29-/m0/s1. The number of methoxy groups -OCH3 is 2. The van der Waals surface area contributed by atoms with Gasteiger partial charge in [0, 0.05) is 12.1 Å². The van der Waals surface area contributed by atoms with E-state index in [1.165, 1.54) is 38.5 Å².